The maximum absolute atomic E-state index is 14.1. The average Bonchev–Trinajstić information content (AvgIpc) is 3.60. The van der Waals surface area contributed by atoms with Crippen LogP contribution in [0.4, 0.5) is 14.4 Å². The molecule has 0 saturated heterocycles. The number of carbonyl (C=O) groups excluding carboxylic acids is 5. The molecule has 3 fully saturated rings. The minimum atomic E-state index is -0.839. The summed E-state index contributed by atoms with van der Waals surface area (Å²) in [6.07, 6.45) is 15.4. The van der Waals surface area contributed by atoms with Crippen molar-refractivity contribution in [1.82, 2.24) is 20.4 Å². The predicted molar refractivity (Wildman–Crippen MR) is 264 cm³/mol. The zero-order chi connectivity index (χ0) is 50.0. The first-order valence-corrected chi connectivity index (χ1v) is 26.2. The third-order valence-electron chi connectivity index (χ3n) is 15.1. The lowest BCUT2D eigenvalue weighted by Gasteiger charge is -2.60. The topological polar surface area (TPSA) is 153 Å². The number of esters is 1. The standard InChI is InChI=1S/C54H94N4O9/c1-37(2)21-17-22-38(3)41-36-39-35-40(24-28-54(39,14)43-25-27-53(13)26-18-23-42(53)44(41)43)64-46(60)45(59)57(33-19-29-55-47(61)65-50(4,5)6)31-15-16-32-58(49(63)67-52(10,11)12)34-20-30-56-48(62)66-51(7,8)9/h36-38,40-44H,15-35H2,1-14H3,(H,55,61)(H,56,62)/t38-,40?,41?,42?,43?,44?,53?,54?/m1/s1. The van der Waals surface area contributed by atoms with Crippen molar-refractivity contribution in [2.75, 3.05) is 39.3 Å². The average molecular weight is 943 g/mol. The SMILES string of the molecule is CC(C)CCC[C@@H](C)C1C=C2CC(OC(=O)C(=O)N(CCCCN(CCCNC(=O)OC(C)(C)C)C(=O)OC(C)(C)C)CCCNC(=O)OC(C)(C)C)CCC2(C)C2CCC3(C)CCCC3C12. The van der Waals surface area contributed by atoms with Gasteiger partial charge in [0.05, 0.1) is 0 Å². The molecule has 7 unspecified atom stereocenters. The van der Waals surface area contributed by atoms with Crippen LogP contribution in [0.2, 0.25) is 0 Å². The number of ether oxygens (including phenoxy) is 4. The Morgan fingerprint density at radius 1 is 0.672 bits per heavy atom. The lowest BCUT2D eigenvalue weighted by molar-refractivity contribution is -0.165. The van der Waals surface area contributed by atoms with Crippen molar-refractivity contribution in [3.63, 3.8) is 0 Å². The summed E-state index contributed by atoms with van der Waals surface area (Å²) in [4.78, 5) is 69.0. The molecule has 4 rings (SSSR count). The molecular formula is C54H94N4O9. The van der Waals surface area contributed by atoms with Crippen molar-refractivity contribution in [2.24, 2.45) is 46.3 Å². The third kappa shape index (κ3) is 17.1. The normalized spacial score (nSPS) is 26.5. The van der Waals surface area contributed by atoms with E-state index in [1.165, 1.54) is 61.8 Å². The Bertz CT molecular complexity index is 1690. The number of hydrogen-bond acceptors (Lipinski definition) is 9. The summed E-state index contributed by atoms with van der Waals surface area (Å²) in [6.45, 7) is 30.2. The quantitative estimate of drug-likeness (QED) is 0.0424. The van der Waals surface area contributed by atoms with E-state index in [9.17, 15) is 24.0 Å². The number of amides is 4. The monoisotopic (exact) mass is 943 g/mol. The van der Waals surface area contributed by atoms with E-state index in [0.29, 0.717) is 86.7 Å². The summed E-state index contributed by atoms with van der Waals surface area (Å²) in [6, 6.07) is 0. The van der Waals surface area contributed by atoms with E-state index < -0.39 is 47.0 Å². The summed E-state index contributed by atoms with van der Waals surface area (Å²) < 4.78 is 22.6. The van der Waals surface area contributed by atoms with Gasteiger partial charge in [-0.25, -0.2) is 19.2 Å². The third-order valence-corrected chi connectivity index (χ3v) is 15.1. The lowest BCUT2D eigenvalue weighted by Crippen LogP contribution is -2.53. The fourth-order valence-corrected chi connectivity index (χ4v) is 11.8. The minimum absolute atomic E-state index is 0.0740. The predicted octanol–water partition coefficient (Wildman–Crippen LogP) is 11.6. The molecule has 13 nitrogen and oxygen atoms in total. The summed E-state index contributed by atoms with van der Waals surface area (Å²) in [7, 11) is 0. The number of hydrogen-bond donors (Lipinski definition) is 2. The highest BCUT2D eigenvalue weighted by Crippen LogP contribution is 2.67. The largest absolute Gasteiger partial charge is 0.455 e. The van der Waals surface area contributed by atoms with Crippen molar-refractivity contribution in [3.8, 4) is 0 Å². The Hall–Kier alpha value is -3.51. The first-order valence-electron chi connectivity index (χ1n) is 26.2. The molecular weight excluding hydrogens is 849 g/mol. The molecule has 0 spiro atoms. The highest BCUT2D eigenvalue weighted by molar-refractivity contribution is 6.32. The zero-order valence-electron chi connectivity index (χ0n) is 44.5. The summed E-state index contributed by atoms with van der Waals surface area (Å²) in [5, 5.41) is 5.51. The fraction of sp³-hybridized carbons (Fsp3) is 0.870. The zero-order valence-corrected chi connectivity index (χ0v) is 44.5. The van der Waals surface area contributed by atoms with Gasteiger partial charge in [0, 0.05) is 45.7 Å². The number of nitrogens with one attached hydrogen (secondary N) is 2. The molecule has 4 amide bonds. The second-order valence-electron chi connectivity index (χ2n) is 24.7. The van der Waals surface area contributed by atoms with Crippen LogP contribution in [0, 0.1) is 46.3 Å². The van der Waals surface area contributed by atoms with Crippen molar-refractivity contribution >= 4 is 30.2 Å². The van der Waals surface area contributed by atoms with Crippen molar-refractivity contribution in [3.05, 3.63) is 11.6 Å². The van der Waals surface area contributed by atoms with Gasteiger partial charge in [-0.05, 0) is 173 Å². The van der Waals surface area contributed by atoms with Gasteiger partial charge in [-0.15, -0.1) is 0 Å². The van der Waals surface area contributed by atoms with Crippen molar-refractivity contribution < 1.29 is 42.9 Å². The van der Waals surface area contributed by atoms with Crippen LogP contribution in [-0.4, -0.2) is 102 Å². The lowest BCUT2D eigenvalue weighted by atomic mass is 9.45. The maximum atomic E-state index is 14.1. The number of allylic oxidation sites excluding steroid dienone is 1. The van der Waals surface area contributed by atoms with Gasteiger partial charge < -0.3 is 39.4 Å². The second kappa shape index (κ2) is 23.9. The van der Waals surface area contributed by atoms with Crippen LogP contribution < -0.4 is 10.6 Å². The van der Waals surface area contributed by atoms with E-state index in [1.54, 1.807) is 46.4 Å². The molecule has 0 heterocycles. The van der Waals surface area contributed by atoms with Gasteiger partial charge in [0.1, 0.15) is 22.9 Å². The molecule has 0 aliphatic heterocycles. The van der Waals surface area contributed by atoms with Gasteiger partial charge in [0.25, 0.3) is 0 Å². The molecule has 4 aliphatic carbocycles. The van der Waals surface area contributed by atoms with Gasteiger partial charge >= 0.3 is 30.2 Å². The second-order valence-corrected chi connectivity index (χ2v) is 24.7. The Balaban J connectivity index is 1.44. The Labute approximate surface area is 405 Å². The highest BCUT2D eigenvalue weighted by Gasteiger charge is 2.59. The molecule has 0 radical (unpaired) electrons. The highest BCUT2D eigenvalue weighted by atomic mass is 16.6. The number of rotatable bonds is 19. The molecule has 4 aliphatic rings. The molecule has 3 saturated carbocycles. The Kier molecular flexibility index (Phi) is 20.0. The number of carbonyl (C=O) groups is 5. The molecule has 2 N–H and O–H groups in total. The van der Waals surface area contributed by atoms with Gasteiger partial charge in [-0.3, -0.25) is 4.79 Å². The number of fused-ring (bicyclic) bond motifs is 5. The summed E-state index contributed by atoms with van der Waals surface area (Å²) >= 11 is 0. The molecule has 384 valence electrons. The Morgan fingerprint density at radius 2 is 1.22 bits per heavy atom. The van der Waals surface area contributed by atoms with Crippen LogP contribution in [0.1, 0.15) is 193 Å². The molecule has 13 heteroatoms. The summed E-state index contributed by atoms with van der Waals surface area (Å²) in [5.74, 6) is 2.37. The Morgan fingerprint density at radius 3 is 1.79 bits per heavy atom. The number of nitrogens with zero attached hydrogens (tertiary/aromatic N) is 2. The minimum Gasteiger partial charge on any atom is -0.455 e. The van der Waals surface area contributed by atoms with Gasteiger partial charge in [0.2, 0.25) is 0 Å². The molecule has 0 aromatic heterocycles. The van der Waals surface area contributed by atoms with E-state index in [1.807, 2.05) is 20.8 Å². The van der Waals surface area contributed by atoms with Gasteiger partial charge in [-0.1, -0.05) is 72.0 Å². The first kappa shape index (κ1) is 56.1. The number of alkyl carbamates (subject to hydrolysis) is 2. The van der Waals surface area contributed by atoms with Crippen molar-refractivity contribution in [2.45, 2.75) is 216 Å². The fourth-order valence-electron chi connectivity index (χ4n) is 11.8. The van der Waals surface area contributed by atoms with E-state index in [2.05, 4.69) is 51.3 Å². The van der Waals surface area contributed by atoms with E-state index in [4.69, 9.17) is 18.9 Å². The van der Waals surface area contributed by atoms with Gasteiger partial charge in [-0.2, -0.15) is 0 Å². The van der Waals surface area contributed by atoms with Crippen molar-refractivity contribution in [1.29, 1.82) is 0 Å². The smallest absolute Gasteiger partial charge is 0.410 e. The van der Waals surface area contributed by atoms with Crippen LogP contribution in [0.5, 0.6) is 0 Å². The molecule has 8 atom stereocenters. The summed E-state index contributed by atoms with van der Waals surface area (Å²) in [5.41, 5.74) is -0.00979. The number of unbranched alkanes of at least 4 members (excludes halogenated alkanes) is 1. The van der Waals surface area contributed by atoms with E-state index in [-0.39, 0.29) is 31.2 Å². The van der Waals surface area contributed by atoms with Crippen LogP contribution in [0.3, 0.4) is 0 Å². The molecule has 0 aromatic carbocycles. The van der Waals surface area contributed by atoms with Crippen LogP contribution >= 0.6 is 0 Å². The first-order chi connectivity index (χ1) is 31.1. The van der Waals surface area contributed by atoms with Crippen LogP contribution in [0.15, 0.2) is 11.6 Å². The van der Waals surface area contributed by atoms with E-state index >= 15 is 0 Å². The maximum Gasteiger partial charge on any atom is 0.410 e. The van der Waals surface area contributed by atoms with Gasteiger partial charge in [0.15, 0.2) is 0 Å². The molecule has 67 heavy (non-hydrogen) atoms. The van der Waals surface area contributed by atoms with E-state index in [0.717, 1.165) is 18.8 Å². The molecule has 0 aromatic rings. The molecule has 0 bridgehead atoms. The van der Waals surface area contributed by atoms with Crippen LogP contribution in [-0.2, 0) is 28.5 Å². The van der Waals surface area contributed by atoms with Crippen LogP contribution in [0.25, 0.3) is 0 Å².